The van der Waals surface area contributed by atoms with E-state index in [1.807, 2.05) is 35.4 Å². The minimum absolute atomic E-state index is 0.0288. The van der Waals surface area contributed by atoms with E-state index in [1.165, 1.54) is 12.1 Å². The molecule has 3 aromatic rings. The predicted molar refractivity (Wildman–Crippen MR) is 111 cm³/mol. The number of carbonyl (C=O) groups excluding carboxylic acids is 1. The van der Waals surface area contributed by atoms with Crippen molar-refractivity contribution in [3.8, 4) is 0 Å². The molecule has 6 nitrogen and oxygen atoms in total. The number of hydrogen-bond donors (Lipinski definition) is 0. The second-order valence-corrected chi connectivity index (χ2v) is 8.18. The SMILES string of the molecule is O=C1N(Cc2ccc(F)cc2)CCO[C@@]12CN(Cc1ccco1)C[C@@H]2c1cccnc1. The number of nitrogens with zero attached hydrogens (tertiary/aromatic N) is 3. The van der Waals surface area contributed by atoms with Crippen molar-refractivity contribution in [2.24, 2.45) is 0 Å². The summed E-state index contributed by atoms with van der Waals surface area (Å²) in [5.74, 6) is 0.404. The van der Waals surface area contributed by atoms with Crippen LogP contribution in [0, 0.1) is 5.82 Å². The molecular weight excluding hydrogens is 397 g/mol. The fourth-order valence-electron chi connectivity index (χ4n) is 4.71. The van der Waals surface area contributed by atoms with Crippen molar-refractivity contribution >= 4 is 5.91 Å². The highest BCUT2D eigenvalue weighted by atomic mass is 19.1. The Morgan fingerprint density at radius 3 is 2.74 bits per heavy atom. The van der Waals surface area contributed by atoms with Crippen LogP contribution < -0.4 is 0 Å². The molecule has 1 spiro atoms. The zero-order valence-electron chi connectivity index (χ0n) is 17.1. The molecule has 2 aromatic heterocycles. The van der Waals surface area contributed by atoms with E-state index in [1.54, 1.807) is 24.6 Å². The van der Waals surface area contributed by atoms with Crippen LogP contribution in [0.25, 0.3) is 0 Å². The number of halogens is 1. The van der Waals surface area contributed by atoms with Gasteiger partial charge in [0.15, 0.2) is 5.60 Å². The Morgan fingerprint density at radius 2 is 2.00 bits per heavy atom. The molecule has 2 fully saturated rings. The lowest BCUT2D eigenvalue weighted by Gasteiger charge is -2.42. The fourth-order valence-corrected chi connectivity index (χ4v) is 4.71. The smallest absolute Gasteiger partial charge is 0.257 e. The molecule has 31 heavy (non-hydrogen) atoms. The zero-order valence-corrected chi connectivity index (χ0v) is 17.1. The zero-order chi connectivity index (χ0) is 21.3. The third kappa shape index (κ3) is 3.86. The van der Waals surface area contributed by atoms with E-state index in [-0.39, 0.29) is 17.6 Å². The number of aromatic nitrogens is 1. The van der Waals surface area contributed by atoms with Crippen LogP contribution in [0.3, 0.4) is 0 Å². The molecule has 2 aliphatic heterocycles. The summed E-state index contributed by atoms with van der Waals surface area (Å²) >= 11 is 0. The molecule has 0 radical (unpaired) electrons. The summed E-state index contributed by atoms with van der Waals surface area (Å²) in [5.41, 5.74) is 0.907. The quantitative estimate of drug-likeness (QED) is 0.633. The van der Waals surface area contributed by atoms with Gasteiger partial charge in [0.2, 0.25) is 0 Å². The van der Waals surface area contributed by atoms with Crippen LogP contribution >= 0.6 is 0 Å². The molecule has 7 heteroatoms. The Balaban J connectivity index is 1.44. The highest BCUT2D eigenvalue weighted by molar-refractivity contribution is 5.88. The standard InChI is InChI=1S/C24H24FN3O3/c25-20-7-5-18(6-8-20)14-28-10-12-31-24(23(28)29)17-27(15-21-4-2-11-30-21)16-22(24)19-3-1-9-26-13-19/h1-9,11,13,22H,10,12,14-17H2/t22-,24-/m1/s1. The molecule has 0 saturated carbocycles. The van der Waals surface area contributed by atoms with Gasteiger partial charge in [0.05, 0.1) is 19.4 Å². The first-order valence-corrected chi connectivity index (χ1v) is 10.5. The van der Waals surface area contributed by atoms with E-state index in [0.29, 0.717) is 39.3 Å². The summed E-state index contributed by atoms with van der Waals surface area (Å²) in [6.45, 7) is 3.16. The van der Waals surface area contributed by atoms with Gasteiger partial charge in [-0.25, -0.2) is 4.39 Å². The number of carbonyl (C=O) groups is 1. The highest BCUT2D eigenvalue weighted by Crippen LogP contribution is 2.42. The van der Waals surface area contributed by atoms with E-state index < -0.39 is 5.60 Å². The van der Waals surface area contributed by atoms with Crippen molar-refractivity contribution < 1.29 is 18.3 Å². The molecule has 0 bridgehead atoms. The van der Waals surface area contributed by atoms with Crippen LogP contribution in [0.2, 0.25) is 0 Å². The van der Waals surface area contributed by atoms with Crippen LogP contribution in [0.4, 0.5) is 4.39 Å². The molecule has 0 unspecified atom stereocenters. The summed E-state index contributed by atoms with van der Waals surface area (Å²) in [5, 5.41) is 0. The minimum Gasteiger partial charge on any atom is -0.468 e. The second-order valence-electron chi connectivity index (χ2n) is 8.18. The van der Waals surface area contributed by atoms with Crippen molar-refractivity contribution in [1.82, 2.24) is 14.8 Å². The topological polar surface area (TPSA) is 58.8 Å². The molecule has 0 aliphatic carbocycles. The second kappa shape index (κ2) is 8.24. The number of likely N-dealkylation sites (tertiary alicyclic amines) is 1. The maximum absolute atomic E-state index is 13.8. The van der Waals surface area contributed by atoms with Crippen molar-refractivity contribution in [2.45, 2.75) is 24.6 Å². The van der Waals surface area contributed by atoms with Crippen LogP contribution in [0.5, 0.6) is 0 Å². The van der Waals surface area contributed by atoms with E-state index in [4.69, 9.17) is 9.15 Å². The molecule has 2 saturated heterocycles. The third-order valence-electron chi connectivity index (χ3n) is 6.17. The fraction of sp³-hybridized carbons (Fsp3) is 0.333. The number of furan rings is 1. The van der Waals surface area contributed by atoms with Gasteiger partial charge in [0, 0.05) is 44.5 Å². The molecule has 0 N–H and O–H groups in total. The number of pyridine rings is 1. The Hall–Kier alpha value is -3.03. The van der Waals surface area contributed by atoms with Crippen LogP contribution in [-0.2, 0) is 22.6 Å². The van der Waals surface area contributed by atoms with Crippen LogP contribution in [-0.4, -0.2) is 52.5 Å². The van der Waals surface area contributed by atoms with Gasteiger partial charge in [-0.2, -0.15) is 0 Å². The Kier molecular flexibility index (Phi) is 5.29. The highest BCUT2D eigenvalue weighted by Gasteiger charge is 2.57. The monoisotopic (exact) mass is 421 g/mol. The summed E-state index contributed by atoms with van der Waals surface area (Å²) < 4.78 is 25.1. The number of benzene rings is 1. The van der Waals surface area contributed by atoms with Crippen molar-refractivity contribution in [2.75, 3.05) is 26.2 Å². The van der Waals surface area contributed by atoms with Gasteiger partial charge in [-0.05, 0) is 41.5 Å². The van der Waals surface area contributed by atoms with Crippen molar-refractivity contribution in [1.29, 1.82) is 0 Å². The van der Waals surface area contributed by atoms with E-state index in [2.05, 4.69) is 9.88 Å². The maximum atomic E-state index is 13.8. The van der Waals surface area contributed by atoms with Crippen molar-refractivity contribution in [3.05, 3.63) is 89.9 Å². The first-order valence-electron chi connectivity index (χ1n) is 10.5. The van der Waals surface area contributed by atoms with E-state index >= 15 is 0 Å². The summed E-state index contributed by atoms with van der Waals surface area (Å²) in [6, 6.07) is 14.0. The molecule has 160 valence electrons. The van der Waals surface area contributed by atoms with Gasteiger partial charge < -0.3 is 14.1 Å². The third-order valence-corrected chi connectivity index (χ3v) is 6.17. The Bertz CT molecular complexity index is 1030. The molecule has 2 aliphatic rings. The Labute approximate surface area is 180 Å². The Morgan fingerprint density at radius 1 is 1.13 bits per heavy atom. The molecular formula is C24H24FN3O3. The summed E-state index contributed by atoms with van der Waals surface area (Å²) in [7, 11) is 0. The van der Waals surface area contributed by atoms with Gasteiger partial charge in [-0.15, -0.1) is 0 Å². The first kappa shape index (κ1) is 19.9. The number of morpholine rings is 1. The van der Waals surface area contributed by atoms with Gasteiger partial charge in [0.1, 0.15) is 11.6 Å². The minimum atomic E-state index is -0.978. The number of amides is 1. The molecule has 5 rings (SSSR count). The summed E-state index contributed by atoms with van der Waals surface area (Å²) in [4.78, 5) is 22.1. The lowest BCUT2D eigenvalue weighted by Crippen LogP contribution is -2.59. The molecule has 1 amide bonds. The maximum Gasteiger partial charge on any atom is 0.257 e. The van der Waals surface area contributed by atoms with Gasteiger partial charge in [-0.3, -0.25) is 14.7 Å². The average molecular weight is 421 g/mol. The van der Waals surface area contributed by atoms with Gasteiger partial charge in [0.25, 0.3) is 5.91 Å². The summed E-state index contributed by atoms with van der Waals surface area (Å²) in [6.07, 6.45) is 5.21. The van der Waals surface area contributed by atoms with E-state index in [9.17, 15) is 9.18 Å². The number of ether oxygens (including phenoxy) is 1. The number of rotatable bonds is 5. The van der Waals surface area contributed by atoms with Gasteiger partial charge >= 0.3 is 0 Å². The molecule has 1 aromatic carbocycles. The lowest BCUT2D eigenvalue weighted by atomic mass is 9.83. The lowest BCUT2D eigenvalue weighted by molar-refractivity contribution is -0.173. The van der Waals surface area contributed by atoms with Crippen LogP contribution in [0.1, 0.15) is 22.8 Å². The predicted octanol–water partition coefficient (Wildman–Crippen LogP) is 3.21. The normalized spacial score (nSPS) is 24.2. The van der Waals surface area contributed by atoms with Gasteiger partial charge in [-0.1, -0.05) is 18.2 Å². The molecule has 4 heterocycles. The van der Waals surface area contributed by atoms with E-state index in [0.717, 1.165) is 16.9 Å². The average Bonchev–Trinajstić information content (AvgIpc) is 3.42. The first-order chi connectivity index (χ1) is 15.1. The van der Waals surface area contributed by atoms with Crippen molar-refractivity contribution in [3.63, 3.8) is 0 Å². The number of hydrogen-bond acceptors (Lipinski definition) is 5. The largest absolute Gasteiger partial charge is 0.468 e. The molecule has 2 atom stereocenters. The van der Waals surface area contributed by atoms with Crippen LogP contribution in [0.15, 0.2) is 71.6 Å².